The predicted molar refractivity (Wildman–Crippen MR) is 91.3 cm³/mol. The van der Waals surface area contributed by atoms with E-state index >= 15 is 0 Å². The lowest BCUT2D eigenvalue weighted by Crippen LogP contribution is -2.38. The minimum Gasteiger partial charge on any atom is -0.444 e. The van der Waals surface area contributed by atoms with Crippen molar-refractivity contribution in [1.29, 1.82) is 0 Å². The number of aromatic nitrogens is 2. The molecule has 0 radical (unpaired) electrons. The Labute approximate surface area is 145 Å². The number of rotatable bonds is 1. The average Bonchev–Trinajstić information content (AvgIpc) is 2.98. The maximum atomic E-state index is 14.2. The van der Waals surface area contributed by atoms with Crippen LogP contribution in [0.1, 0.15) is 51.0 Å². The molecule has 1 amide bonds. The Bertz CT molecular complexity index is 906. The van der Waals surface area contributed by atoms with Crippen molar-refractivity contribution in [3.8, 4) is 12.3 Å². The molecule has 1 N–H and O–H groups in total. The van der Waals surface area contributed by atoms with Crippen molar-refractivity contribution in [2.75, 3.05) is 0 Å². The van der Waals surface area contributed by atoms with E-state index in [0.717, 1.165) is 12.8 Å². The third kappa shape index (κ3) is 2.74. The molecular formula is C19H20FN3O2. The molecule has 6 heteroatoms. The first-order valence-electron chi connectivity index (χ1n) is 8.44. The molecule has 0 spiro atoms. The maximum absolute atomic E-state index is 14.2. The second kappa shape index (κ2) is 5.22. The van der Waals surface area contributed by atoms with Crippen molar-refractivity contribution >= 4 is 17.1 Å². The minimum atomic E-state index is -0.559. The fraction of sp³-hybridized carbons (Fsp3) is 0.474. The first-order chi connectivity index (χ1) is 11.8. The standard InChI is InChI=1S/C19H20FN3O2/c1-5-10-6-12(20)16-13(7-10)21-17(22-16)15-9-11-8-14(11)23(15)18(24)25-19(2,3)4/h1,6-7,11,14-15H,8-9H2,2-4H3,(H,21,22)/t11-,14?,15+/m1/s1. The quantitative estimate of drug-likeness (QED) is 0.804. The summed E-state index contributed by atoms with van der Waals surface area (Å²) in [7, 11) is 0. The largest absolute Gasteiger partial charge is 0.444 e. The number of nitrogens with zero attached hydrogens (tertiary/aromatic N) is 2. The van der Waals surface area contributed by atoms with E-state index in [-0.39, 0.29) is 23.7 Å². The van der Waals surface area contributed by atoms with Gasteiger partial charge < -0.3 is 9.72 Å². The average molecular weight is 341 g/mol. The summed E-state index contributed by atoms with van der Waals surface area (Å²) in [6.45, 7) is 5.54. The molecule has 130 valence electrons. The van der Waals surface area contributed by atoms with E-state index in [1.165, 1.54) is 6.07 Å². The van der Waals surface area contributed by atoms with E-state index in [0.29, 0.717) is 22.8 Å². The molecule has 2 fully saturated rings. The van der Waals surface area contributed by atoms with Gasteiger partial charge in [0.25, 0.3) is 0 Å². The minimum absolute atomic E-state index is 0.194. The van der Waals surface area contributed by atoms with Gasteiger partial charge in [0.05, 0.1) is 11.6 Å². The summed E-state index contributed by atoms with van der Waals surface area (Å²) in [6, 6.07) is 2.96. The van der Waals surface area contributed by atoms with Gasteiger partial charge in [-0.15, -0.1) is 6.42 Å². The third-order valence-corrected chi connectivity index (χ3v) is 4.75. The lowest BCUT2D eigenvalue weighted by atomic mass is 10.1. The number of hydrogen-bond donors (Lipinski definition) is 1. The Morgan fingerprint density at radius 3 is 2.88 bits per heavy atom. The summed E-state index contributed by atoms with van der Waals surface area (Å²) in [6.07, 6.45) is 6.83. The molecule has 4 rings (SSSR count). The highest BCUT2D eigenvalue weighted by Gasteiger charge is 2.56. The van der Waals surface area contributed by atoms with Crippen molar-refractivity contribution in [3.05, 3.63) is 29.3 Å². The zero-order chi connectivity index (χ0) is 17.9. The van der Waals surface area contributed by atoms with Crippen molar-refractivity contribution in [1.82, 2.24) is 14.9 Å². The molecule has 1 aromatic heterocycles. The molecule has 2 aromatic rings. The Balaban J connectivity index is 1.69. The van der Waals surface area contributed by atoms with Gasteiger partial charge in [0.2, 0.25) is 0 Å². The number of H-pyrrole nitrogens is 1. The first-order valence-corrected chi connectivity index (χ1v) is 8.44. The van der Waals surface area contributed by atoms with E-state index in [1.807, 2.05) is 20.8 Å². The number of terminal acetylenes is 1. The number of aromatic amines is 1. The van der Waals surface area contributed by atoms with Gasteiger partial charge >= 0.3 is 6.09 Å². The number of carbonyl (C=O) groups is 1. The van der Waals surface area contributed by atoms with E-state index in [9.17, 15) is 9.18 Å². The van der Waals surface area contributed by atoms with Gasteiger partial charge in [-0.1, -0.05) is 5.92 Å². The van der Waals surface area contributed by atoms with Crippen LogP contribution in [0.3, 0.4) is 0 Å². The number of imidazole rings is 1. The third-order valence-electron chi connectivity index (χ3n) is 4.75. The number of hydrogen-bond acceptors (Lipinski definition) is 3. The highest BCUT2D eigenvalue weighted by Crippen LogP contribution is 2.53. The number of fused-ring (bicyclic) bond motifs is 2. The van der Waals surface area contributed by atoms with Gasteiger partial charge in [-0.05, 0) is 51.7 Å². The predicted octanol–water partition coefficient (Wildman–Crippen LogP) is 3.75. The number of halogens is 1. The van der Waals surface area contributed by atoms with Gasteiger partial charge in [-0.25, -0.2) is 14.2 Å². The fourth-order valence-corrected chi connectivity index (χ4v) is 3.61. The Morgan fingerprint density at radius 2 is 2.20 bits per heavy atom. The van der Waals surface area contributed by atoms with Crippen LogP contribution in [-0.4, -0.2) is 32.6 Å². The first kappa shape index (κ1) is 15.9. The number of amides is 1. The molecule has 1 aliphatic heterocycles. The molecule has 0 bridgehead atoms. The SMILES string of the molecule is C#Cc1cc(F)c2nc([C@@H]3C[C@H]4CC4N3C(=O)OC(C)(C)C)[nH]c2c1. The fourth-order valence-electron chi connectivity index (χ4n) is 3.61. The molecule has 1 unspecified atom stereocenters. The van der Waals surface area contributed by atoms with Crippen LogP contribution in [-0.2, 0) is 4.74 Å². The van der Waals surface area contributed by atoms with Crippen LogP contribution in [0.5, 0.6) is 0 Å². The smallest absolute Gasteiger partial charge is 0.411 e. The second-order valence-electron chi connectivity index (χ2n) is 7.82. The molecule has 1 saturated heterocycles. The van der Waals surface area contributed by atoms with Gasteiger partial charge in [0.1, 0.15) is 16.9 Å². The van der Waals surface area contributed by atoms with E-state index < -0.39 is 11.4 Å². The zero-order valence-corrected chi connectivity index (χ0v) is 14.5. The van der Waals surface area contributed by atoms with E-state index in [1.54, 1.807) is 11.0 Å². The van der Waals surface area contributed by atoms with Crippen molar-refractivity contribution < 1.29 is 13.9 Å². The molecule has 25 heavy (non-hydrogen) atoms. The molecule has 3 atom stereocenters. The summed E-state index contributed by atoms with van der Waals surface area (Å²) in [5, 5.41) is 0. The zero-order valence-electron chi connectivity index (χ0n) is 14.5. The van der Waals surface area contributed by atoms with Crippen LogP contribution in [0.2, 0.25) is 0 Å². The van der Waals surface area contributed by atoms with Crippen LogP contribution in [0.4, 0.5) is 9.18 Å². The molecule has 2 heterocycles. The molecular weight excluding hydrogens is 321 g/mol. The Hall–Kier alpha value is -2.55. The number of piperidine rings is 1. The number of ether oxygens (including phenoxy) is 1. The van der Waals surface area contributed by atoms with Crippen LogP contribution in [0, 0.1) is 24.1 Å². The summed E-state index contributed by atoms with van der Waals surface area (Å²) in [5.74, 6) is 3.03. The highest BCUT2D eigenvalue weighted by atomic mass is 19.1. The van der Waals surface area contributed by atoms with Crippen molar-refractivity contribution in [3.63, 3.8) is 0 Å². The summed E-state index contributed by atoms with van der Waals surface area (Å²) >= 11 is 0. The van der Waals surface area contributed by atoms with Crippen LogP contribution >= 0.6 is 0 Å². The monoisotopic (exact) mass is 341 g/mol. The van der Waals surface area contributed by atoms with Crippen molar-refractivity contribution in [2.45, 2.75) is 51.3 Å². The van der Waals surface area contributed by atoms with Gasteiger partial charge in [0.15, 0.2) is 5.82 Å². The molecule has 1 aliphatic carbocycles. The topological polar surface area (TPSA) is 58.2 Å². The van der Waals surface area contributed by atoms with Crippen LogP contribution in [0.25, 0.3) is 11.0 Å². The summed E-state index contributed by atoms with van der Waals surface area (Å²) in [4.78, 5) is 21.9. The summed E-state index contributed by atoms with van der Waals surface area (Å²) in [5.41, 5.74) is 0.695. The van der Waals surface area contributed by atoms with E-state index in [4.69, 9.17) is 11.2 Å². The van der Waals surface area contributed by atoms with E-state index in [2.05, 4.69) is 15.9 Å². The molecule has 2 aliphatic rings. The normalized spacial score (nSPS) is 24.9. The van der Waals surface area contributed by atoms with Gasteiger partial charge in [0, 0.05) is 11.6 Å². The maximum Gasteiger partial charge on any atom is 0.411 e. The number of likely N-dealkylation sites (tertiary alicyclic amines) is 1. The van der Waals surface area contributed by atoms with Gasteiger partial charge in [-0.2, -0.15) is 0 Å². The number of benzene rings is 1. The van der Waals surface area contributed by atoms with Gasteiger partial charge in [-0.3, -0.25) is 4.90 Å². The summed E-state index contributed by atoms with van der Waals surface area (Å²) < 4.78 is 19.8. The van der Waals surface area contributed by atoms with Crippen LogP contribution in [0.15, 0.2) is 12.1 Å². The lowest BCUT2D eigenvalue weighted by Gasteiger charge is -2.29. The highest BCUT2D eigenvalue weighted by molar-refractivity contribution is 5.78. The molecule has 1 aromatic carbocycles. The number of nitrogens with one attached hydrogen (secondary N) is 1. The van der Waals surface area contributed by atoms with Crippen LogP contribution < -0.4 is 0 Å². The number of carbonyl (C=O) groups excluding carboxylic acids is 1. The molecule has 5 nitrogen and oxygen atoms in total. The second-order valence-corrected chi connectivity index (χ2v) is 7.82. The lowest BCUT2D eigenvalue weighted by molar-refractivity contribution is 0.0175. The Kier molecular flexibility index (Phi) is 3.33. The Morgan fingerprint density at radius 1 is 1.44 bits per heavy atom. The molecule has 1 saturated carbocycles. The van der Waals surface area contributed by atoms with Crippen molar-refractivity contribution in [2.24, 2.45) is 5.92 Å².